The predicted molar refractivity (Wildman–Crippen MR) is 128 cm³/mol. The largest absolute Gasteiger partial charge is 0.465 e. The van der Waals surface area contributed by atoms with Gasteiger partial charge in [-0.3, -0.25) is 9.88 Å². The van der Waals surface area contributed by atoms with E-state index in [1.54, 1.807) is 22.9 Å². The molecule has 1 aromatic heterocycles. The predicted octanol–water partition coefficient (Wildman–Crippen LogP) is 5.40. The summed E-state index contributed by atoms with van der Waals surface area (Å²) in [5.41, 5.74) is 2.91. The second kappa shape index (κ2) is 9.35. The van der Waals surface area contributed by atoms with Crippen LogP contribution in [0.2, 0.25) is 0 Å². The van der Waals surface area contributed by atoms with Gasteiger partial charge in [0.15, 0.2) is 0 Å². The smallest absolute Gasteiger partial charge is 0.412 e. The molecule has 1 atom stereocenters. The lowest BCUT2D eigenvalue weighted by Gasteiger charge is -2.48. The number of nitrogens with zero attached hydrogens (tertiary/aromatic N) is 3. The molecule has 3 aromatic rings. The Hall–Kier alpha value is -2.83. The summed E-state index contributed by atoms with van der Waals surface area (Å²) in [4.78, 5) is 23.1. The first-order valence-corrected chi connectivity index (χ1v) is 12.0. The van der Waals surface area contributed by atoms with Crippen molar-refractivity contribution in [2.45, 2.75) is 35.1 Å². The van der Waals surface area contributed by atoms with Crippen molar-refractivity contribution in [1.82, 2.24) is 9.88 Å². The van der Waals surface area contributed by atoms with Crippen LogP contribution in [0.25, 0.3) is 0 Å². The van der Waals surface area contributed by atoms with Gasteiger partial charge in [0.05, 0.1) is 11.7 Å². The van der Waals surface area contributed by atoms with Gasteiger partial charge >= 0.3 is 6.09 Å². The zero-order valence-corrected chi connectivity index (χ0v) is 18.7. The van der Waals surface area contributed by atoms with E-state index >= 15 is 0 Å². The number of carboxylic acid groups (broad SMARTS) is 1. The van der Waals surface area contributed by atoms with E-state index < -0.39 is 6.09 Å². The monoisotopic (exact) mass is 445 g/mol. The maximum absolute atomic E-state index is 12.5. The van der Waals surface area contributed by atoms with Crippen LogP contribution < -0.4 is 4.90 Å². The molecule has 4 heterocycles. The van der Waals surface area contributed by atoms with Crippen molar-refractivity contribution < 1.29 is 9.90 Å². The molecule has 164 valence electrons. The van der Waals surface area contributed by atoms with Crippen molar-refractivity contribution in [2.75, 3.05) is 24.5 Å². The third kappa shape index (κ3) is 4.52. The lowest BCUT2D eigenvalue weighted by Crippen LogP contribution is -2.59. The number of hydrogen-bond donors (Lipinski definition) is 1. The second-order valence-electron chi connectivity index (χ2n) is 8.60. The number of fused-ring (bicyclic) bond motifs is 3. The molecule has 5 nitrogen and oxygen atoms in total. The molecule has 3 aliphatic rings. The first-order valence-electron chi connectivity index (χ1n) is 11.2. The van der Waals surface area contributed by atoms with Crippen LogP contribution in [-0.4, -0.2) is 46.8 Å². The summed E-state index contributed by atoms with van der Waals surface area (Å²) in [5.74, 6) is 0.431. The molecule has 1 N–H and O–H groups in total. The molecule has 1 amide bonds. The van der Waals surface area contributed by atoms with E-state index in [0.29, 0.717) is 12.3 Å². The van der Waals surface area contributed by atoms with Crippen molar-refractivity contribution in [1.29, 1.82) is 0 Å². The highest BCUT2D eigenvalue weighted by atomic mass is 32.2. The van der Waals surface area contributed by atoms with Crippen molar-refractivity contribution in [3.05, 3.63) is 84.2 Å². The van der Waals surface area contributed by atoms with Crippen molar-refractivity contribution in [2.24, 2.45) is 5.92 Å². The third-order valence-electron chi connectivity index (χ3n) is 6.57. The van der Waals surface area contributed by atoms with Gasteiger partial charge in [-0.25, -0.2) is 4.79 Å². The third-order valence-corrected chi connectivity index (χ3v) is 7.56. The van der Waals surface area contributed by atoms with Gasteiger partial charge in [-0.15, -0.1) is 0 Å². The van der Waals surface area contributed by atoms with E-state index in [1.165, 1.54) is 4.90 Å². The molecule has 6 heteroatoms. The topological polar surface area (TPSA) is 56.7 Å². The number of hydrogen-bond acceptors (Lipinski definition) is 4. The van der Waals surface area contributed by atoms with Crippen LogP contribution in [0, 0.1) is 5.92 Å². The van der Waals surface area contributed by atoms with Gasteiger partial charge in [-0.1, -0.05) is 36.0 Å². The summed E-state index contributed by atoms with van der Waals surface area (Å²) in [5, 5.41) is 10.3. The van der Waals surface area contributed by atoms with Crippen LogP contribution in [0.4, 0.5) is 10.5 Å². The summed E-state index contributed by atoms with van der Waals surface area (Å²) in [6.45, 7) is 3.00. The molecule has 1 unspecified atom stereocenters. The van der Waals surface area contributed by atoms with Crippen LogP contribution in [0.1, 0.15) is 24.0 Å². The average Bonchev–Trinajstić information content (AvgIpc) is 2.83. The summed E-state index contributed by atoms with van der Waals surface area (Å²) in [6.07, 6.45) is 5.57. The minimum atomic E-state index is -0.861. The Bertz CT molecular complexity index is 1070. The minimum absolute atomic E-state index is 0.00951. The van der Waals surface area contributed by atoms with Gasteiger partial charge in [-0.05, 0) is 79.4 Å². The number of pyridine rings is 1. The number of carbonyl (C=O) groups is 1. The number of piperidine rings is 3. The van der Waals surface area contributed by atoms with Crippen LogP contribution >= 0.6 is 11.8 Å². The quantitative estimate of drug-likeness (QED) is 0.550. The molecular weight excluding hydrogens is 418 g/mol. The fourth-order valence-corrected chi connectivity index (χ4v) is 5.90. The first-order chi connectivity index (χ1) is 15.7. The molecule has 32 heavy (non-hydrogen) atoms. The van der Waals surface area contributed by atoms with Crippen LogP contribution in [0.15, 0.2) is 82.8 Å². The highest BCUT2D eigenvalue weighted by Crippen LogP contribution is 2.38. The Kier molecular flexibility index (Phi) is 6.14. The molecule has 3 saturated heterocycles. The normalized spacial score (nSPS) is 21.9. The van der Waals surface area contributed by atoms with Crippen molar-refractivity contribution in [3.8, 4) is 0 Å². The number of benzene rings is 2. The van der Waals surface area contributed by atoms with E-state index in [2.05, 4.69) is 34.1 Å². The molecule has 3 fully saturated rings. The summed E-state index contributed by atoms with van der Waals surface area (Å²) in [6, 6.07) is 20.5. The lowest BCUT2D eigenvalue weighted by molar-refractivity contribution is 0.0837. The molecule has 3 aliphatic heterocycles. The van der Waals surface area contributed by atoms with Gasteiger partial charge in [0.2, 0.25) is 0 Å². The van der Waals surface area contributed by atoms with E-state index in [4.69, 9.17) is 0 Å². The van der Waals surface area contributed by atoms with Crippen LogP contribution in [0.3, 0.4) is 0 Å². The van der Waals surface area contributed by atoms with Crippen LogP contribution in [0.5, 0.6) is 0 Å². The molecule has 0 radical (unpaired) electrons. The minimum Gasteiger partial charge on any atom is -0.465 e. The number of amides is 1. The fourth-order valence-electron chi connectivity index (χ4n) is 5.00. The summed E-state index contributed by atoms with van der Waals surface area (Å²) in [7, 11) is 0. The lowest BCUT2D eigenvalue weighted by atomic mass is 9.82. The maximum Gasteiger partial charge on any atom is 0.412 e. The van der Waals surface area contributed by atoms with E-state index in [0.717, 1.165) is 54.2 Å². The standard InChI is InChI=1S/C26H27N3O2S/c30-26(31)29(25-18-28-13-10-20(25)11-14-28)24-9-8-23(32-22-6-2-1-3-7-22)16-21(24)15-19-5-4-12-27-17-19/h1-9,12,16-17,20,25H,10-11,13-15,18H2,(H,30,31). The Morgan fingerprint density at radius 3 is 2.53 bits per heavy atom. The van der Waals surface area contributed by atoms with Crippen molar-refractivity contribution >= 4 is 23.5 Å². The Morgan fingerprint density at radius 2 is 1.88 bits per heavy atom. The number of rotatable bonds is 6. The Labute approximate surface area is 193 Å². The molecule has 0 aliphatic carbocycles. The molecule has 0 saturated carbocycles. The van der Waals surface area contributed by atoms with Gasteiger partial charge in [0.25, 0.3) is 0 Å². The molecule has 2 aromatic carbocycles. The molecule has 2 bridgehead atoms. The zero-order valence-electron chi connectivity index (χ0n) is 17.9. The summed E-state index contributed by atoms with van der Waals surface area (Å²) >= 11 is 1.70. The Morgan fingerprint density at radius 1 is 1.06 bits per heavy atom. The van der Waals surface area contributed by atoms with Gasteiger partial charge < -0.3 is 10.0 Å². The van der Waals surface area contributed by atoms with Gasteiger partial charge in [0, 0.05) is 35.2 Å². The molecule has 0 spiro atoms. The average molecular weight is 446 g/mol. The SMILES string of the molecule is O=C(O)N(c1ccc(Sc2ccccc2)cc1Cc1cccnc1)C1CN2CCC1CC2. The van der Waals surface area contributed by atoms with Crippen molar-refractivity contribution in [3.63, 3.8) is 0 Å². The number of anilines is 1. The fraction of sp³-hybridized carbons (Fsp3) is 0.308. The second-order valence-corrected chi connectivity index (χ2v) is 9.75. The first kappa shape index (κ1) is 21.0. The summed E-state index contributed by atoms with van der Waals surface area (Å²) < 4.78 is 0. The van der Waals surface area contributed by atoms with Gasteiger partial charge in [-0.2, -0.15) is 0 Å². The molecule has 6 rings (SSSR count). The highest BCUT2D eigenvalue weighted by Gasteiger charge is 2.40. The zero-order chi connectivity index (χ0) is 21.9. The molecular formula is C26H27N3O2S. The highest BCUT2D eigenvalue weighted by molar-refractivity contribution is 7.99. The van der Waals surface area contributed by atoms with E-state index in [-0.39, 0.29) is 6.04 Å². The van der Waals surface area contributed by atoms with Gasteiger partial charge in [0.1, 0.15) is 0 Å². The van der Waals surface area contributed by atoms with Crippen LogP contribution in [-0.2, 0) is 6.42 Å². The van der Waals surface area contributed by atoms with E-state index in [9.17, 15) is 9.90 Å². The number of aromatic nitrogens is 1. The maximum atomic E-state index is 12.5. The Balaban J connectivity index is 1.52. The van der Waals surface area contributed by atoms with E-state index in [1.807, 2.05) is 42.6 Å².